The van der Waals surface area contributed by atoms with Crippen molar-refractivity contribution in [1.82, 2.24) is 19.4 Å². The van der Waals surface area contributed by atoms with Crippen molar-refractivity contribution < 1.29 is 22.7 Å². The van der Waals surface area contributed by atoms with Crippen LogP contribution >= 0.6 is 0 Å². The van der Waals surface area contributed by atoms with E-state index in [9.17, 15) is 13.2 Å². The highest BCUT2D eigenvalue weighted by Gasteiger charge is 2.35. The number of likely N-dealkylation sites (tertiary alicyclic amines) is 1. The standard InChI is InChI=1S/C16H24N4O5S/c1-24-14-3-4-15(18-17-14)25-13-7-8-19(11-13)16(21)12-5-9-20(10-6-12)26(2,22)23/h3-4,12-13H,5-11H2,1-2H3/t13-/m1/s1. The van der Waals surface area contributed by atoms with E-state index in [1.165, 1.54) is 17.7 Å². The minimum Gasteiger partial charge on any atom is -0.480 e. The van der Waals surface area contributed by atoms with E-state index in [-0.39, 0.29) is 17.9 Å². The third-order valence-corrected chi connectivity index (χ3v) is 6.14. The molecule has 1 amide bonds. The average Bonchev–Trinajstić information content (AvgIpc) is 3.09. The normalized spacial score (nSPS) is 22.4. The summed E-state index contributed by atoms with van der Waals surface area (Å²) < 4.78 is 35.3. The van der Waals surface area contributed by atoms with E-state index >= 15 is 0 Å². The second-order valence-corrected chi connectivity index (χ2v) is 8.65. The number of piperidine rings is 1. The van der Waals surface area contributed by atoms with Crippen LogP contribution in [-0.4, -0.2) is 79.4 Å². The summed E-state index contributed by atoms with van der Waals surface area (Å²) in [6, 6.07) is 3.37. The van der Waals surface area contributed by atoms with E-state index in [0.29, 0.717) is 50.8 Å². The molecule has 0 unspecified atom stereocenters. The molecule has 1 aromatic rings. The highest BCUT2D eigenvalue weighted by Crippen LogP contribution is 2.24. The van der Waals surface area contributed by atoms with E-state index in [2.05, 4.69) is 10.2 Å². The Morgan fingerprint density at radius 2 is 1.77 bits per heavy atom. The zero-order valence-corrected chi connectivity index (χ0v) is 15.8. The van der Waals surface area contributed by atoms with E-state index < -0.39 is 10.0 Å². The lowest BCUT2D eigenvalue weighted by Crippen LogP contribution is -2.43. The molecule has 10 heteroatoms. The predicted octanol–water partition coefficient (Wildman–Crippen LogP) is 0.137. The molecule has 3 rings (SSSR count). The second-order valence-electron chi connectivity index (χ2n) is 6.66. The number of aromatic nitrogens is 2. The smallest absolute Gasteiger partial charge is 0.233 e. The molecule has 0 saturated carbocycles. The number of rotatable bonds is 5. The van der Waals surface area contributed by atoms with Gasteiger partial charge < -0.3 is 14.4 Å². The Kier molecular flexibility index (Phi) is 5.61. The summed E-state index contributed by atoms with van der Waals surface area (Å²) in [5, 5.41) is 7.80. The molecule has 26 heavy (non-hydrogen) atoms. The number of ether oxygens (including phenoxy) is 2. The van der Waals surface area contributed by atoms with Crippen LogP contribution in [-0.2, 0) is 14.8 Å². The van der Waals surface area contributed by atoms with Gasteiger partial charge in [0.15, 0.2) is 0 Å². The van der Waals surface area contributed by atoms with Gasteiger partial charge >= 0.3 is 0 Å². The maximum absolute atomic E-state index is 12.7. The number of methoxy groups -OCH3 is 1. The van der Waals surface area contributed by atoms with Crippen molar-refractivity contribution in [3.8, 4) is 11.8 Å². The first-order chi connectivity index (χ1) is 12.4. The van der Waals surface area contributed by atoms with Gasteiger partial charge in [-0.15, -0.1) is 10.2 Å². The van der Waals surface area contributed by atoms with Crippen molar-refractivity contribution in [3.05, 3.63) is 12.1 Å². The lowest BCUT2D eigenvalue weighted by atomic mass is 9.97. The third-order valence-electron chi connectivity index (χ3n) is 4.84. The summed E-state index contributed by atoms with van der Waals surface area (Å²) in [6.45, 7) is 1.97. The minimum absolute atomic E-state index is 0.0880. The van der Waals surface area contributed by atoms with Crippen LogP contribution in [0.4, 0.5) is 0 Å². The van der Waals surface area contributed by atoms with Crippen molar-refractivity contribution in [2.45, 2.75) is 25.4 Å². The molecule has 1 atom stereocenters. The Morgan fingerprint density at radius 1 is 1.12 bits per heavy atom. The number of hydrogen-bond donors (Lipinski definition) is 0. The summed E-state index contributed by atoms with van der Waals surface area (Å²) in [6.07, 6.45) is 2.97. The largest absolute Gasteiger partial charge is 0.480 e. The Balaban J connectivity index is 1.49. The summed E-state index contributed by atoms with van der Waals surface area (Å²) in [5.74, 6) is 0.796. The van der Waals surface area contributed by atoms with Gasteiger partial charge in [0, 0.05) is 44.1 Å². The number of hydrogen-bond acceptors (Lipinski definition) is 7. The molecule has 2 saturated heterocycles. The zero-order chi connectivity index (χ0) is 18.7. The van der Waals surface area contributed by atoms with Crippen LogP contribution in [0, 0.1) is 5.92 Å². The molecule has 0 aliphatic carbocycles. The summed E-state index contributed by atoms with van der Waals surface area (Å²) in [7, 11) is -1.66. The molecular weight excluding hydrogens is 360 g/mol. The average molecular weight is 384 g/mol. The maximum atomic E-state index is 12.7. The lowest BCUT2D eigenvalue weighted by Gasteiger charge is -2.31. The molecule has 2 aliphatic rings. The first kappa shape index (κ1) is 18.8. The van der Waals surface area contributed by atoms with Crippen LogP contribution in [0.25, 0.3) is 0 Å². The van der Waals surface area contributed by atoms with Crippen LogP contribution in [0.1, 0.15) is 19.3 Å². The fourth-order valence-corrected chi connectivity index (χ4v) is 4.24. The molecule has 9 nitrogen and oxygen atoms in total. The van der Waals surface area contributed by atoms with Gasteiger partial charge in [0.25, 0.3) is 0 Å². The summed E-state index contributed by atoms with van der Waals surface area (Å²) >= 11 is 0. The van der Waals surface area contributed by atoms with Gasteiger partial charge in [0.2, 0.25) is 27.7 Å². The predicted molar refractivity (Wildman–Crippen MR) is 93.3 cm³/mol. The molecule has 0 radical (unpaired) electrons. The quantitative estimate of drug-likeness (QED) is 0.711. The first-order valence-electron chi connectivity index (χ1n) is 8.65. The fraction of sp³-hybridized carbons (Fsp3) is 0.688. The number of amides is 1. The summed E-state index contributed by atoms with van der Waals surface area (Å²) in [5.41, 5.74) is 0. The topological polar surface area (TPSA) is 102 Å². The molecule has 144 valence electrons. The van der Waals surface area contributed by atoms with Crippen LogP contribution < -0.4 is 9.47 Å². The summed E-state index contributed by atoms with van der Waals surface area (Å²) in [4.78, 5) is 14.5. The Labute approximate surface area is 153 Å². The SMILES string of the molecule is COc1ccc(O[C@@H]2CCN(C(=O)C3CCN(S(C)(=O)=O)CC3)C2)nn1. The highest BCUT2D eigenvalue weighted by molar-refractivity contribution is 7.88. The Morgan fingerprint density at radius 3 is 2.35 bits per heavy atom. The van der Waals surface area contributed by atoms with Crippen molar-refractivity contribution in [2.75, 3.05) is 39.5 Å². The van der Waals surface area contributed by atoms with Crippen LogP contribution in [0.2, 0.25) is 0 Å². The van der Waals surface area contributed by atoms with E-state index in [0.717, 1.165) is 6.42 Å². The highest BCUT2D eigenvalue weighted by atomic mass is 32.2. The second kappa shape index (κ2) is 7.75. The molecule has 1 aromatic heterocycles. The Hall–Kier alpha value is -1.94. The van der Waals surface area contributed by atoms with E-state index in [4.69, 9.17) is 9.47 Å². The van der Waals surface area contributed by atoms with Gasteiger partial charge in [0.1, 0.15) is 6.10 Å². The third kappa shape index (κ3) is 4.42. The van der Waals surface area contributed by atoms with Crippen LogP contribution in [0.3, 0.4) is 0 Å². The fourth-order valence-electron chi connectivity index (χ4n) is 3.37. The maximum Gasteiger partial charge on any atom is 0.233 e. The molecule has 2 aliphatic heterocycles. The monoisotopic (exact) mass is 384 g/mol. The lowest BCUT2D eigenvalue weighted by molar-refractivity contribution is -0.135. The molecule has 2 fully saturated rings. The Bertz CT molecular complexity index is 732. The van der Waals surface area contributed by atoms with Gasteiger partial charge in [-0.05, 0) is 12.8 Å². The molecule has 0 aromatic carbocycles. The minimum atomic E-state index is -3.18. The van der Waals surface area contributed by atoms with Crippen molar-refractivity contribution in [3.63, 3.8) is 0 Å². The molecule has 0 N–H and O–H groups in total. The zero-order valence-electron chi connectivity index (χ0n) is 15.0. The van der Waals surface area contributed by atoms with Gasteiger partial charge in [-0.25, -0.2) is 12.7 Å². The van der Waals surface area contributed by atoms with Gasteiger partial charge in [-0.3, -0.25) is 4.79 Å². The van der Waals surface area contributed by atoms with Crippen LogP contribution in [0.15, 0.2) is 12.1 Å². The molecule has 0 bridgehead atoms. The first-order valence-corrected chi connectivity index (χ1v) is 10.5. The van der Waals surface area contributed by atoms with E-state index in [1.54, 1.807) is 12.1 Å². The number of sulfonamides is 1. The van der Waals surface area contributed by atoms with Crippen molar-refractivity contribution >= 4 is 15.9 Å². The van der Waals surface area contributed by atoms with Crippen molar-refractivity contribution in [1.29, 1.82) is 0 Å². The number of nitrogens with zero attached hydrogens (tertiary/aromatic N) is 4. The molecule has 0 spiro atoms. The van der Waals surface area contributed by atoms with Gasteiger partial charge in [-0.1, -0.05) is 0 Å². The number of carbonyl (C=O) groups excluding carboxylic acids is 1. The number of carbonyl (C=O) groups is 1. The van der Waals surface area contributed by atoms with Gasteiger partial charge in [-0.2, -0.15) is 0 Å². The van der Waals surface area contributed by atoms with Crippen molar-refractivity contribution in [2.24, 2.45) is 5.92 Å². The molecular formula is C16H24N4O5S. The van der Waals surface area contributed by atoms with Crippen LogP contribution in [0.5, 0.6) is 11.8 Å². The van der Waals surface area contributed by atoms with Gasteiger partial charge in [0.05, 0.1) is 19.9 Å². The molecule has 3 heterocycles. The van der Waals surface area contributed by atoms with E-state index in [1.807, 2.05) is 4.90 Å².